The second kappa shape index (κ2) is 3.89. The van der Waals surface area contributed by atoms with Crippen molar-refractivity contribution in [2.75, 3.05) is 5.73 Å². The van der Waals surface area contributed by atoms with Gasteiger partial charge in [-0.1, -0.05) is 0 Å². The van der Waals surface area contributed by atoms with Crippen LogP contribution >= 0.6 is 0 Å². The standard InChI is InChI=1S/C9H13N2O2/c1-7-3-4-9(10)5-11(7)8(2)13-6-12/h3-6,8H,10H2,1-2H3/q+1. The number of anilines is 1. The zero-order chi connectivity index (χ0) is 9.84. The second-order valence-corrected chi connectivity index (χ2v) is 2.84. The zero-order valence-corrected chi connectivity index (χ0v) is 7.73. The number of aromatic nitrogens is 1. The molecule has 0 radical (unpaired) electrons. The predicted octanol–water partition coefficient (Wildman–Crippen LogP) is 0.556. The Labute approximate surface area is 76.9 Å². The number of carbonyl (C=O) groups excluding carboxylic acids is 1. The molecule has 0 aliphatic heterocycles. The molecule has 1 rings (SSSR count). The Balaban J connectivity index is 2.97. The molecule has 0 aliphatic carbocycles. The van der Waals surface area contributed by atoms with Gasteiger partial charge in [0, 0.05) is 19.9 Å². The minimum absolute atomic E-state index is 0.319. The highest BCUT2D eigenvalue weighted by atomic mass is 16.5. The second-order valence-electron chi connectivity index (χ2n) is 2.84. The summed E-state index contributed by atoms with van der Waals surface area (Å²) in [7, 11) is 0. The zero-order valence-electron chi connectivity index (χ0n) is 7.73. The third-order valence-electron chi connectivity index (χ3n) is 1.86. The van der Waals surface area contributed by atoms with Gasteiger partial charge in [0.2, 0.25) is 0 Å². The lowest BCUT2D eigenvalue weighted by Gasteiger charge is -2.06. The Morgan fingerprint density at radius 1 is 1.62 bits per heavy atom. The predicted molar refractivity (Wildman–Crippen MR) is 47.6 cm³/mol. The van der Waals surface area contributed by atoms with Crippen LogP contribution in [-0.4, -0.2) is 6.47 Å². The molecule has 0 amide bonds. The number of pyridine rings is 1. The summed E-state index contributed by atoms with van der Waals surface area (Å²) in [6.07, 6.45) is 1.42. The summed E-state index contributed by atoms with van der Waals surface area (Å²) in [5, 5.41) is 0. The summed E-state index contributed by atoms with van der Waals surface area (Å²) in [5.74, 6) is 0. The van der Waals surface area contributed by atoms with E-state index in [1.54, 1.807) is 23.8 Å². The van der Waals surface area contributed by atoms with Crippen molar-refractivity contribution in [2.24, 2.45) is 0 Å². The van der Waals surface area contributed by atoms with Crippen LogP contribution in [0.3, 0.4) is 0 Å². The number of ether oxygens (including phenoxy) is 1. The van der Waals surface area contributed by atoms with E-state index in [1.165, 1.54) is 0 Å². The van der Waals surface area contributed by atoms with Gasteiger partial charge in [0.1, 0.15) is 0 Å². The number of nitrogens with zero attached hydrogens (tertiary/aromatic N) is 1. The minimum Gasteiger partial charge on any atom is -0.405 e. The highest BCUT2D eigenvalue weighted by Gasteiger charge is 2.15. The normalized spacial score (nSPS) is 12.2. The minimum atomic E-state index is -0.319. The maximum absolute atomic E-state index is 10.1. The van der Waals surface area contributed by atoms with Crippen molar-refractivity contribution in [1.82, 2.24) is 0 Å². The topological polar surface area (TPSA) is 56.2 Å². The molecule has 13 heavy (non-hydrogen) atoms. The monoisotopic (exact) mass is 181 g/mol. The van der Waals surface area contributed by atoms with E-state index in [0.29, 0.717) is 12.2 Å². The number of nitrogen functional groups attached to an aromatic ring is 1. The Hall–Kier alpha value is -1.58. The highest BCUT2D eigenvalue weighted by molar-refractivity contribution is 5.37. The molecular weight excluding hydrogens is 168 g/mol. The number of rotatable bonds is 3. The van der Waals surface area contributed by atoms with E-state index in [0.717, 1.165) is 5.69 Å². The molecule has 0 fully saturated rings. The van der Waals surface area contributed by atoms with Crippen molar-refractivity contribution in [2.45, 2.75) is 20.1 Å². The van der Waals surface area contributed by atoms with E-state index in [9.17, 15) is 4.79 Å². The SMILES string of the molecule is Cc1ccc(N)c[n+]1C(C)OC=O. The first-order valence-electron chi connectivity index (χ1n) is 4.01. The van der Waals surface area contributed by atoms with Crippen LogP contribution in [0.4, 0.5) is 5.69 Å². The van der Waals surface area contributed by atoms with Gasteiger partial charge in [0.15, 0.2) is 11.9 Å². The summed E-state index contributed by atoms with van der Waals surface area (Å²) in [6, 6.07) is 3.68. The molecule has 0 bridgehead atoms. The molecule has 0 spiro atoms. The van der Waals surface area contributed by atoms with Crippen LogP contribution in [0.1, 0.15) is 18.8 Å². The summed E-state index contributed by atoms with van der Waals surface area (Å²) in [5.41, 5.74) is 7.23. The highest BCUT2D eigenvalue weighted by Crippen LogP contribution is 2.03. The number of carbonyl (C=O) groups is 1. The molecule has 0 saturated carbocycles. The molecule has 0 saturated heterocycles. The fraction of sp³-hybridized carbons (Fsp3) is 0.333. The largest absolute Gasteiger partial charge is 0.405 e. The number of nitrogens with two attached hydrogens (primary N) is 1. The number of hydrogen-bond acceptors (Lipinski definition) is 3. The lowest BCUT2D eigenvalue weighted by Crippen LogP contribution is -2.42. The van der Waals surface area contributed by atoms with Gasteiger partial charge in [-0.25, -0.2) is 0 Å². The maximum atomic E-state index is 10.1. The van der Waals surface area contributed by atoms with Crippen molar-refractivity contribution < 1.29 is 14.1 Å². The summed E-state index contributed by atoms with van der Waals surface area (Å²) >= 11 is 0. The molecule has 70 valence electrons. The van der Waals surface area contributed by atoms with Crippen LogP contribution in [0.15, 0.2) is 18.3 Å². The molecule has 0 aromatic carbocycles. The third-order valence-corrected chi connectivity index (χ3v) is 1.86. The molecule has 1 heterocycles. The molecule has 4 nitrogen and oxygen atoms in total. The van der Waals surface area contributed by atoms with Crippen LogP contribution < -0.4 is 10.3 Å². The fourth-order valence-corrected chi connectivity index (χ4v) is 1.15. The molecule has 1 aromatic rings. The van der Waals surface area contributed by atoms with E-state index in [2.05, 4.69) is 0 Å². The van der Waals surface area contributed by atoms with Gasteiger partial charge in [-0.2, -0.15) is 4.57 Å². The van der Waals surface area contributed by atoms with Gasteiger partial charge >= 0.3 is 6.23 Å². The summed E-state index contributed by atoms with van der Waals surface area (Å²) < 4.78 is 6.59. The van der Waals surface area contributed by atoms with Crippen molar-refractivity contribution in [3.05, 3.63) is 24.0 Å². The summed E-state index contributed by atoms with van der Waals surface area (Å²) in [4.78, 5) is 10.1. The van der Waals surface area contributed by atoms with Crippen LogP contribution in [0.5, 0.6) is 0 Å². The van der Waals surface area contributed by atoms with Crippen LogP contribution in [0.25, 0.3) is 0 Å². The lowest BCUT2D eigenvalue weighted by molar-refractivity contribution is -0.757. The molecule has 0 aliphatic rings. The first kappa shape index (κ1) is 9.51. The Kier molecular flexibility index (Phi) is 2.84. The van der Waals surface area contributed by atoms with E-state index >= 15 is 0 Å². The van der Waals surface area contributed by atoms with E-state index < -0.39 is 0 Å². The summed E-state index contributed by atoms with van der Waals surface area (Å²) in [6.45, 7) is 4.13. The molecule has 1 atom stereocenters. The van der Waals surface area contributed by atoms with Crippen molar-refractivity contribution in [3.8, 4) is 0 Å². The first-order chi connectivity index (χ1) is 6.15. The molecule has 1 unspecified atom stereocenters. The number of aryl methyl sites for hydroxylation is 1. The Bertz CT molecular complexity index is 312. The molecule has 4 heteroatoms. The van der Waals surface area contributed by atoms with Gasteiger partial charge in [-0.05, 0) is 6.07 Å². The third kappa shape index (κ3) is 2.18. The molecule has 1 aromatic heterocycles. The number of hydrogen-bond donors (Lipinski definition) is 1. The van der Waals surface area contributed by atoms with Gasteiger partial charge in [-0.15, -0.1) is 0 Å². The smallest absolute Gasteiger partial charge is 0.301 e. The quantitative estimate of drug-likeness (QED) is 0.547. The average molecular weight is 181 g/mol. The van der Waals surface area contributed by atoms with Crippen LogP contribution in [0, 0.1) is 6.92 Å². The van der Waals surface area contributed by atoms with Crippen molar-refractivity contribution >= 4 is 12.2 Å². The van der Waals surface area contributed by atoms with Crippen molar-refractivity contribution in [3.63, 3.8) is 0 Å². The van der Waals surface area contributed by atoms with Gasteiger partial charge in [0.25, 0.3) is 6.47 Å². The van der Waals surface area contributed by atoms with Gasteiger partial charge < -0.3 is 10.5 Å². The Morgan fingerprint density at radius 3 is 2.92 bits per heavy atom. The van der Waals surface area contributed by atoms with Crippen LogP contribution in [-0.2, 0) is 9.53 Å². The fourth-order valence-electron chi connectivity index (χ4n) is 1.15. The molecule has 2 N–H and O–H groups in total. The van der Waals surface area contributed by atoms with Gasteiger partial charge in [-0.3, -0.25) is 4.79 Å². The van der Waals surface area contributed by atoms with Gasteiger partial charge in [0.05, 0.1) is 5.69 Å². The Morgan fingerprint density at radius 2 is 2.31 bits per heavy atom. The van der Waals surface area contributed by atoms with Crippen LogP contribution in [0.2, 0.25) is 0 Å². The average Bonchev–Trinajstić information content (AvgIpc) is 2.09. The molecular formula is C9H13N2O2+. The maximum Gasteiger partial charge on any atom is 0.301 e. The van der Waals surface area contributed by atoms with E-state index in [1.807, 2.05) is 13.0 Å². The first-order valence-corrected chi connectivity index (χ1v) is 4.01. The van der Waals surface area contributed by atoms with E-state index in [-0.39, 0.29) is 6.23 Å². The van der Waals surface area contributed by atoms with E-state index in [4.69, 9.17) is 10.5 Å². The van der Waals surface area contributed by atoms with Crippen molar-refractivity contribution in [1.29, 1.82) is 0 Å². The lowest BCUT2D eigenvalue weighted by atomic mass is 10.3.